The van der Waals surface area contributed by atoms with Gasteiger partial charge in [-0.15, -0.1) is 0 Å². The molecule has 3 N–H and O–H groups in total. The molecule has 2 aromatic carbocycles. The standard InChI is InChI=1S/C16H14O5/c1-8-15(20)14-12(19)6-11(18)7-13(14)21-16(8)9-2-4-10(17)5-3-9/h2-8,16-19H,1H3/t8-,16+/m1/s1. The van der Waals surface area contributed by atoms with Crippen molar-refractivity contribution in [1.82, 2.24) is 0 Å². The van der Waals surface area contributed by atoms with E-state index < -0.39 is 12.0 Å². The Kier molecular flexibility index (Phi) is 2.97. The first-order valence-corrected chi connectivity index (χ1v) is 6.53. The molecule has 108 valence electrons. The predicted octanol–water partition coefficient (Wildman–Crippen LogP) is 2.76. The van der Waals surface area contributed by atoms with Crippen molar-refractivity contribution < 1.29 is 24.9 Å². The van der Waals surface area contributed by atoms with Crippen LogP contribution in [0, 0.1) is 5.92 Å². The molecule has 2 aromatic rings. The highest BCUT2D eigenvalue weighted by atomic mass is 16.5. The quantitative estimate of drug-likeness (QED) is 0.750. The van der Waals surface area contributed by atoms with Crippen LogP contribution in [0.15, 0.2) is 36.4 Å². The molecule has 0 aliphatic carbocycles. The van der Waals surface area contributed by atoms with Crippen molar-refractivity contribution in [1.29, 1.82) is 0 Å². The van der Waals surface area contributed by atoms with Crippen LogP contribution in [0.2, 0.25) is 0 Å². The number of phenolic OH excluding ortho intramolecular Hbond substituents is 3. The number of fused-ring (bicyclic) bond motifs is 1. The lowest BCUT2D eigenvalue weighted by molar-refractivity contribution is 0.0684. The molecule has 0 radical (unpaired) electrons. The van der Waals surface area contributed by atoms with Crippen LogP contribution in [-0.4, -0.2) is 21.1 Å². The molecule has 0 saturated carbocycles. The molecule has 3 rings (SSSR count). The number of Topliss-reactive ketones (excluding diaryl/α,β-unsaturated/α-hetero) is 1. The smallest absolute Gasteiger partial charge is 0.177 e. The predicted molar refractivity (Wildman–Crippen MR) is 74.7 cm³/mol. The third-order valence-electron chi connectivity index (χ3n) is 3.66. The molecule has 5 heteroatoms. The van der Waals surface area contributed by atoms with E-state index in [0.29, 0.717) is 0 Å². The van der Waals surface area contributed by atoms with Gasteiger partial charge < -0.3 is 20.1 Å². The highest BCUT2D eigenvalue weighted by molar-refractivity contribution is 6.04. The lowest BCUT2D eigenvalue weighted by atomic mass is 9.86. The Labute approximate surface area is 121 Å². The van der Waals surface area contributed by atoms with Crippen molar-refractivity contribution >= 4 is 5.78 Å². The van der Waals surface area contributed by atoms with E-state index in [1.165, 1.54) is 18.2 Å². The van der Waals surface area contributed by atoms with E-state index in [1.807, 2.05) is 0 Å². The zero-order valence-electron chi connectivity index (χ0n) is 11.3. The van der Waals surface area contributed by atoms with Gasteiger partial charge in [0, 0.05) is 12.1 Å². The minimum absolute atomic E-state index is 0.0929. The van der Waals surface area contributed by atoms with E-state index in [9.17, 15) is 20.1 Å². The summed E-state index contributed by atoms with van der Waals surface area (Å²) in [5.74, 6) is -0.897. The Bertz CT molecular complexity index is 705. The molecule has 0 spiro atoms. The fraction of sp³-hybridized carbons (Fsp3) is 0.188. The van der Waals surface area contributed by atoms with Gasteiger partial charge in [-0.1, -0.05) is 19.1 Å². The number of carbonyl (C=O) groups is 1. The minimum Gasteiger partial charge on any atom is -0.508 e. The summed E-state index contributed by atoms with van der Waals surface area (Å²) >= 11 is 0. The van der Waals surface area contributed by atoms with Crippen LogP contribution in [-0.2, 0) is 0 Å². The largest absolute Gasteiger partial charge is 0.508 e. The molecule has 0 saturated heterocycles. The molecule has 2 atom stereocenters. The third kappa shape index (κ3) is 2.16. The van der Waals surface area contributed by atoms with Crippen LogP contribution in [0.25, 0.3) is 0 Å². The maximum atomic E-state index is 12.4. The van der Waals surface area contributed by atoms with Gasteiger partial charge in [-0.05, 0) is 17.7 Å². The summed E-state index contributed by atoms with van der Waals surface area (Å²) in [7, 11) is 0. The van der Waals surface area contributed by atoms with Gasteiger partial charge >= 0.3 is 0 Å². The van der Waals surface area contributed by atoms with Gasteiger partial charge in [0.15, 0.2) is 5.78 Å². The number of hydrogen-bond acceptors (Lipinski definition) is 5. The average Bonchev–Trinajstić information content (AvgIpc) is 2.43. The van der Waals surface area contributed by atoms with Crippen LogP contribution in [0.3, 0.4) is 0 Å². The van der Waals surface area contributed by atoms with E-state index in [2.05, 4.69) is 0 Å². The van der Waals surface area contributed by atoms with Crippen molar-refractivity contribution in [3.05, 3.63) is 47.5 Å². The molecule has 1 aliphatic heterocycles. The molecule has 0 aromatic heterocycles. The fourth-order valence-corrected chi connectivity index (χ4v) is 2.55. The van der Waals surface area contributed by atoms with Crippen molar-refractivity contribution in [2.75, 3.05) is 0 Å². The summed E-state index contributed by atoms with van der Waals surface area (Å²) in [5, 5.41) is 28.7. The van der Waals surface area contributed by atoms with E-state index in [0.717, 1.165) is 11.6 Å². The number of ketones is 1. The van der Waals surface area contributed by atoms with Crippen LogP contribution >= 0.6 is 0 Å². The Hall–Kier alpha value is -2.69. The second-order valence-corrected chi connectivity index (χ2v) is 5.12. The van der Waals surface area contributed by atoms with Gasteiger partial charge in [-0.25, -0.2) is 0 Å². The van der Waals surface area contributed by atoms with E-state index in [1.54, 1.807) is 19.1 Å². The third-order valence-corrected chi connectivity index (χ3v) is 3.66. The summed E-state index contributed by atoms with van der Waals surface area (Å²) in [6.45, 7) is 1.72. The lowest BCUT2D eigenvalue weighted by Crippen LogP contribution is -2.29. The van der Waals surface area contributed by atoms with Crippen LogP contribution < -0.4 is 4.74 Å². The monoisotopic (exact) mass is 286 g/mol. The van der Waals surface area contributed by atoms with Gasteiger partial charge in [0.25, 0.3) is 0 Å². The van der Waals surface area contributed by atoms with E-state index in [-0.39, 0.29) is 34.3 Å². The Morgan fingerprint density at radius 1 is 1.00 bits per heavy atom. The first-order chi connectivity index (χ1) is 9.97. The van der Waals surface area contributed by atoms with Crippen molar-refractivity contribution in [3.63, 3.8) is 0 Å². The molecule has 5 nitrogen and oxygen atoms in total. The average molecular weight is 286 g/mol. The zero-order chi connectivity index (χ0) is 15.1. The van der Waals surface area contributed by atoms with Gasteiger partial charge in [-0.3, -0.25) is 4.79 Å². The summed E-state index contributed by atoms with van der Waals surface area (Å²) < 4.78 is 5.78. The topological polar surface area (TPSA) is 87.0 Å². The fourth-order valence-electron chi connectivity index (χ4n) is 2.55. The normalized spacial score (nSPS) is 20.7. The summed E-state index contributed by atoms with van der Waals surface area (Å²) in [4.78, 5) is 12.4. The number of benzene rings is 2. The highest BCUT2D eigenvalue weighted by Crippen LogP contribution is 2.44. The molecule has 0 bridgehead atoms. The number of hydrogen-bond donors (Lipinski definition) is 3. The second-order valence-electron chi connectivity index (χ2n) is 5.12. The molecule has 0 amide bonds. The molecular weight excluding hydrogens is 272 g/mol. The first-order valence-electron chi connectivity index (χ1n) is 6.53. The maximum absolute atomic E-state index is 12.4. The van der Waals surface area contributed by atoms with Gasteiger partial charge in [0.2, 0.25) is 0 Å². The molecular formula is C16H14O5. The van der Waals surface area contributed by atoms with Gasteiger partial charge in [0.1, 0.15) is 34.7 Å². The maximum Gasteiger partial charge on any atom is 0.177 e. The minimum atomic E-state index is -0.535. The van der Waals surface area contributed by atoms with E-state index in [4.69, 9.17) is 4.74 Å². The number of phenols is 3. The highest BCUT2D eigenvalue weighted by Gasteiger charge is 2.37. The second kappa shape index (κ2) is 4.70. The zero-order valence-corrected chi connectivity index (χ0v) is 11.3. The van der Waals surface area contributed by atoms with Crippen molar-refractivity contribution in [3.8, 4) is 23.0 Å². The van der Waals surface area contributed by atoms with Crippen LogP contribution in [0.1, 0.15) is 28.9 Å². The van der Waals surface area contributed by atoms with Gasteiger partial charge in [0.05, 0.1) is 5.92 Å². The Balaban J connectivity index is 2.07. The van der Waals surface area contributed by atoms with Crippen LogP contribution in [0.4, 0.5) is 0 Å². The molecule has 0 unspecified atom stereocenters. The summed E-state index contributed by atoms with van der Waals surface area (Å²) in [5.41, 5.74) is 0.831. The van der Waals surface area contributed by atoms with Gasteiger partial charge in [-0.2, -0.15) is 0 Å². The first kappa shape index (κ1) is 13.3. The van der Waals surface area contributed by atoms with Crippen molar-refractivity contribution in [2.24, 2.45) is 5.92 Å². The molecule has 1 aliphatic rings. The number of aromatic hydroxyl groups is 3. The Morgan fingerprint density at radius 2 is 1.67 bits per heavy atom. The summed E-state index contributed by atoms with van der Waals surface area (Å²) in [6.07, 6.45) is -0.535. The Morgan fingerprint density at radius 3 is 2.33 bits per heavy atom. The molecule has 0 fully saturated rings. The lowest BCUT2D eigenvalue weighted by Gasteiger charge is -2.31. The number of ether oxygens (including phenoxy) is 1. The van der Waals surface area contributed by atoms with Crippen LogP contribution in [0.5, 0.6) is 23.0 Å². The van der Waals surface area contributed by atoms with E-state index >= 15 is 0 Å². The summed E-state index contributed by atoms with van der Waals surface area (Å²) in [6, 6.07) is 8.82. The molecule has 21 heavy (non-hydrogen) atoms. The number of rotatable bonds is 1. The molecule has 1 heterocycles. The number of carbonyl (C=O) groups excluding carboxylic acids is 1. The van der Waals surface area contributed by atoms with Crippen molar-refractivity contribution in [2.45, 2.75) is 13.0 Å². The SMILES string of the molecule is C[C@@H]1C(=O)c2c(O)cc(O)cc2O[C@@H]1c1ccc(O)cc1.